The van der Waals surface area contributed by atoms with Gasteiger partial charge in [0, 0.05) is 23.7 Å². The third-order valence-electron chi connectivity index (χ3n) is 4.28. The molecule has 0 saturated heterocycles. The van der Waals surface area contributed by atoms with Gasteiger partial charge in [-0.25, -0.2) is 0 Å². The topological polar surface area (TPSA) is 42.0 Å². The van der Waals surface area contributed by atoms with Crippen molar-refractivity contribution in [3.8, 4) is 0 Å². The zero-order chi connectivity index (χ0) is 14.2. The Kier molecular flexibility index (Phi) is 3.20. The lowest BCUT2D eigenvalue weighted by Crippen LogP contribution is -2.35. The number of aromatic nitrogens is 1. The zero-order valence-corrected chi connectivity index (χ0v) is 12.0. The van der Waals surface area contributed by atoms with Gasteiger partial charge >= 0.3 is 0 Å². The van der Waals surface area contributed by atoms with Crippen molar-refractivity contribution < 1.29 is 4.79 Å². The van der Waals surface area contributed by atoms with Crippen LogP contribution in [0.25, 0.3) is 10.9 Å². The first-order valence-corrected chi connectivity index (χ1v) is 7.20. The van der Waals surface area contributed by atoms with Crippen molar-refractivity contribution in [2.24, 2.45) is 11.3 Å². The maximum absolute atomic E-state index is 12.4. The number of benzene rings is 1. The first kappa shape index (κ1) is 13.1. The van der Waals surface area contributed by atoms with Gasteiger partial charge in [0.15, 0.2) is 0 Å². The first-order chi connectivity index (χ1) is 9.58. The summed E-state index contributed by atoms with van der Waals surface area (Å²) in [6.07, 6.45) is 4.34. The monoisotopic (exact) mass is 268 g/mol. The number of nitrogens with zero attached hydrogens (tertiary/aromatic N) is 1. The van der Waals surface area contributed by atoms with Crippen LogP contribution >= 0.6 is 0 Å². The minimum atomic E-state index is -0.00248. The molecule has 1 N–H and O–H groups in total. The van der Waals surface area contributed by atoms with Gasteiger partial charge < -0.3 is 5.32 Å². The molecule has 20 heavy (non-hydrogen) atoms. The summed E-state index contributed by atoms with van der Waals surface area (Å²) in [5, 5.41) is 4.00. The van der Waals surface area contributed by atoms with Crippen molar-refractivity contribution in [2.45, 2.75) is 26.7 Å². The molecule has 3 rings (SSSR count). The van der Waals surface area contributed by atoms with Crippen molar-refractivity contribution in [3.05, 3.63) is 42.1 Å². The third kappa shape index (κ3) is 2.53. The highest BCUT2D eigenvalue weighted by Gasteiger charge is 2.37. The van der Waals surface area contributed by atoms with E-state index in [1.807, 2.05) is 30.3 Å². The van der Waals surface area contributed by atoms with Crippen LogP contribution in [0.15, 0.2) is 36.5 Å². The van der Waals surface area contributed by atoms with Gasteiger partial charge in [-0.15, -0.1) is 0 Å². The molecule has 104 valence electrons. The first-order valence-electron chi connectivity index (χ1n) is 7.20. The van der Waals surface area contributed by atoms with Crippen molar-refractivity contribution in [3.63, 3.8) is 0 Å². The second kappa shape index (κ2) is 4.89. The van der Waals surface area contributed by atoms with E-state index in [1.54, 1.807) is 6.20 Å². The lowest BCUT2D eigenvalue weighted by Gasteiger charge is -2.24. The second-order valence-electron chi connectivity index (χ2n) is 6.32. The molecule has 1 aliphatic carbocycles. The molecule has 1 fully saturated rings. The number of fused-ring (bicyclic) bond motifs is 1. The molecule has 1 heterocycles. The van der Waals surface area contributed by atoms with Crippen LogP contribution in [-0.2, 0) is 0 Å². The molecule has 1 saturated carbocycles. The third-order valence-corrected chi connectivity index (χ3v) is 4.28. The molecule has 2 aromatic rings. The smallest absolute Gasteiger partial charge is 0.251 e. The molecule has 1 aliphatic rings. The molecule has 1 amide bonds. The molecular weight excluding hydrogens is 248 g/mol. The molecule has 3 nitrogen and oxygen atoms in total. The van der Waals surface area contributed by atoms with Crippen molar-refractivity contribution in [1.29, 1.82) is 0 Å². The fourth-order valence-electron chi connectivity index (χ4n) is 2.71. The number of hydrogen-bond acceptors (Lipinski definition) is 2. The van der Waals surface area contributed by atoms with Crippen LogP contribution in [-0.4, -0.2) is 17.4 Å². The van der Waals surface area contributed by atoms with Crippen molar-refractivity contribution in [1.82, 2.24) is 10.3 Å². The lowest BCUT2D eigenvalue weighted by molar-refractivity contribution is 0.0933. The van der Waals surface area contributed by atoms with E-state index in [2.05, 4.69) is 24.1 Å². The Bertz CT molecular complexity index is 639. The van der Waals surface area contributed by atoms with E-state index in [0.717, 1.165) is 23.4 Å². The molecule has 1 aromatic carbocycles. The molecule has 0 unspecified atom stereocenters. The van der Waals surface area contributed by atoms with E-state index in [9.17, 15) is 4.79 Å². The summed E-state index contributed by atoms with van der Waals surface area (Å²) in [5.74, 6) is 0.759. The van der Waals surface area contributed by atoms with Gasteiger partial charge in [0.1, 0.15) is 0 Å². The highest BCUT2D eigenvalue weighted by Crippen LogP contribution is 2.44. The highest BCUT2D eigenvalue weighted by atomic mass is 16.1. The quantitative estimate of drug-likeness (QED) is 0.923. The van der Waals surface area contributed by atoms with Crippen LogP contribution in [0.3, 0.4) is 0 Å². The summed E-state index contributed by atoms with van der Waals surface area (Å²) in [6.45, 7) is 5.19. The number of hydrogen-bond donors (Lipinski definition) is 1. The maximum atomic E-state index is 12.4. The summed E-state index contributed by atoms with van der Waals surface area (Å²) in [5.41, 5.74) is 1.77. The Morgan fingerprint density at radius 2 is 2.10 bits per heavy atom. The van der Waals surface area contributed by atoms with Crippen LogP contribution in [0, 0.1) is 11.3 Å². The van der Waals surface area contributed by atoms with E-state index < -0.39 is 0 Å². The van der Waals surface area contributed by atoms with Gasteiger partial charge in [0.25, 0.3) is 5.91 Å². The minimum absolute atomic E-state index is 0.00248. The van der Waals surface area contributed by atoms with Gasteiger partial charge in [0.2, 0.25) is 0 Å². The zero-order valence-electron chi connectivity index (χ0n) is 12.0. The number of pyridine rings is 1. The minimum Gasteiger partial charge on any atom is -0.351 e. The van der Waals surface area contributed by atoms with Crippen LogP contribution in [0.1, 0.15) is 37.0 Å². The van der Waals surface area contributed by atoms with Crippen LogP contribution in [0.2, 0.25) is 0 Å². The van der Waals surface area contributed by atoms with Crippen LogP contribution in [0.4, 0.5) is 0 Å². The van der Waals surface area contributed by atoms with E-state index in [1.165, 1.54) is 12.8 Å². The molecule has 1 aromatic heterocycles. The van der Waals surface area contributed by atoms with Gasteiger partial charge in [-0.1, -0.05) is 26.0 Å². The fraction of sp³-hybridized carbons (Fsp3) is 0.412. The number of rotatable bonds is 4. The van der Waals surface area contributed by atoms with E-state index in [-0.39, 0.29) is 11.3 Å². The van der Waals surface area contributed by atoms with E-state index in [0.29, 0.717) is 5.56 Å². The van der Waals surface area contributed by atoms with Crippen molar-refractivity contribution >= 4 is 16.8 Å². The van der Waals surface area contributed by atoms with E-state index in [4.69, 9.17) is 0 Å². The number of nitrogens with one attached hydrogen (secondary N) is 1. The predicted molar refractivity (Wildman–Crippen MR) is 80.6 cm³/mol. The highest BCUT2D eigenvalue weighted by molar-refractivity contribution is 6.06. The molecule has 0 radical (unpaired) electrons. The van der Waals surface area contributed by atoms with Gasteiger partial charge in [-0.05, 0) is 42.4 Å². The Morgan fingerprint density at radius 1 is 1.30 bits per heavy atom. The second-order valence-corrected chi connectivity index (χ2v) is 6.32. The van der Waals surface area contributed by atoms with Gasteiger partial charge in [-0.3, -0.25) is 9.78 Å². The molecule has 0 atom stereocenters. The molecule has 0 aliphatic heterocycles. The fourth-order valence-corrected chi connectivity index (χ4v) is 2.71. The Labute approximate surface area is 119 Å². The summed E-state index contributed by atoms with van der Waals surface area (Å²) in [7, 11) is 0. The van der Waals surface area contributed by atoms with E-state index >= 15 is 0 Å². The van der Waals surface area contributed by atoms with Gasteiger partial charge in [-0.2, -0.15) is 0 Å². The predicted octanol–water partition coefficient (Wildman–Crippen LogP) is 3.40. The summed E-state index contributed by atoms with van der Waals surface area (Å²) < 4.78 is 0. The van der Waals surface area contributed by atoms with Crippen LogP contribution < -0.4 is 5.32 Å². The Hall–Kier alpha value is -1.90. The lowest BCUT2D eigenvalue weighted by atomic mass is 9.87. The molecular formula is C17H20N2O. The van der Waals surface area contributed by atoms with Gasteiger partial charge in [0.05, 0.1) is 5.52 Å². The number of carbonyl (C=O) groups is 1. The Morgan fingerprint density at radius 3 is 2.85 bits per heavy atom. The summed E-state index contributed by atoms with van der Waals surface area (Å²) in [6, 6.07) is 9.50. The number of carbonyl (C=O) groups excluding carboxylic acids is 1. The SMILES string of the molecule is CC(C)(CNC(=O)c1cccc2ncccc12)C1CC1. The summed E-state index contributed by atoms with van der Waals surface area (Å²) in [4.78, 5) is 16.7. The maximum Gasteiger partial charge on any atom is 0.251 e. The average molecular weight is 268 g/mol. The van der Waals surface area contributed by atoms with Crippen LogP contribution in [0.5, 0.6) is 0 Å². The standard InChI is InChI=1S/C17H20N2O/c1-17(2,12-8-9-12)11-19-16(20)14-5-3-7-15-13(14)6-4-10-18-15/h3-7,10,12H,8-9,11H2,1-2H3,(H,19,20). The Balaban J connectivity index is 1.79. The number of amides is 1. The van der Waals surface area contributed by atoms with Crippen molar-refractivity contribution in [2.75, 3.05) is 6.54 Å². The average Bonchev–Trinajstić information content (AvgIpc) is 3.29. The molecule has 0 bridgehead atoms. The summed E-state index contributed by atoms with van der Waals surface area (Å²) >= 11 is 0. The normalized spacial score (nSPS) is 15.3. The molecule has 3 heteroatoms. The molecule has 0 spiro atoms. The largest absolute Gasteiger partial charge is 0.351 e.